The Labute approximate surface area is 92.3 Å². The van der Waals surface area contributed by atoms with Crippen LogP contribution in [0.4, 0.5) is 8.78 Å². The van der Waals surface area contributed by atoms with Crippen LogP contribution in [0.15, 0.2) is 18.2 Å². The molecule has 0 bridgehead atoms. The van der Waals surface area contributed by atoms with Gasteiger partial charge in [-0.3, -0.25) is 4.79 Å². The lowest BCUT2D eigenvalue weighted by Crippen LogP contribution is -2.22. The quantitative estimate of drug-likeness (QED) is 0.838. The van der Waals surface area contributed by atoms with Crippen LogP contribution in [0, 0.1) is 11.6 Å². The van der Waals surface area contributed by atoms with E-state index in [1.165, 1.54) is 12.1 Å². The van der Waals surface area contributed by atoms with Crippen LogP contribution >= 0.6 is 0 Å². The second-order valence-electron chi connectivity index (χ2n) is 3.59. The summed E-state index contributed by atoms with van der Waals surface area (Å²) >= 11 is 0. The standard InChI is InChI=1S/C11H13F2NO2/c1-14(6-5-10(15)16)7-8-3-2-4-9(12)11(8)13/h2-4H,5-7H2,1H3,(H,15,16). The van der Waals surface area contributed by atoms with Gasteiger partial charge >= 0.3 is 5.97 Å². The summed E-state index contributed by atoms with van der Waals surface area (Å²) < 4.78 is 26.1. The zero-order valence-electron chi connectivity index (χ0n) is 8.91. The van der Waals surface area contributed by atoms with Crippen molar-refractivity contribution in [1.82, 2.24) is 4.90 Å². The molecular weight excluding hydrogens is 216 g/mol. The first kappa shape index (κ1) is 12.6. The topological polar surface area (TPSA) is 40.5 Å². The number of nitrogens with zero attached hydrogens (tertiary/aromatic N) is 1. The van der Waals surface area contributed by atoms with Crippen molar-refractivity contribution in [2.24, 2.45) is 0 Å². The molecule has 0 spiro atoms. The molecular formula is C11H13F2NO2. The average molecular weight is 229 g/mol. The highest BCUT2D eigenvalue weighted by Crippen LogP contribution is 2.13. The molecule has 16 heavy (non-hydrogen) atoms. The first-order chi connectivity index (χ1) is 7.50. The Morgan fingerprint density at radius 2 is 2.12 bits per heavy atom. The molecule has 0 atom stereocenters. The summed E-state index contributed by atoms with van der Waals surface area (Å²) in [6.07, 6.45) is -0.0204. The number of hydrogen-bond acceptors (Lipinski definition) is 2. The molecule has 1 aromatic rings. The zero-order chi connectivity index (χ0) is 12.1. The zero-order valence-corrected chi connectivity index (χ0v) is 8.91. The van der Waals surface area contributed by atoms with Crippen molar-refractivity contribution in [2.75, 3.05) is 13.6 Å². The highest BCUT2D eigenvalue weighted by Gasteiger charge is 2.10. The predicted molar refractivity (Wildman–Crippen MR) is 54.9 cm³/mol. The average Bonchev–Trinajstić information content (AvgIpc) is 2.22. The molecule has 0 saturated carbocycles. The van der Waals surface area contributed by atoms with Gasteiger partial charge in [-0.2, -0.15) is 0 Å². The molecule has 0 amide bonds. The third-order valence-corrected chi connectivity index (χ3v) is 2.18. The summed E-state index contributed by atoms with van der Waals surface area (Å²) in [6.45, 7) is 0.488. The lowest BCUT2D eigenvalue weighted by molar-refractivity contribution is -0.137. The largest absolute Gasteiger partial charge is 0.481 e. The molecule has 0 aliphatic carbocycles. The molecule has 1 aromatic carbocycles. The van der Waals surface area contributed by atoms with Gasteiger partial charge < -0.3 is 10.0 Å². The van der Waals surface area contributed by atoms with Gasteiger partial charge in [-0.15, -0.1) is 0 Å². The fourth-order valence-corrected chi connectivity index (χ4v) is 1.33. The third kappa shape index (κ3) is 3.58. The maximum absolute atomic E-state index is 13.2. The molecule has 5 heteroatoms. The van der Waals surface area contributed by atoms with Crippen LogP contribution in [0.25, 0.3) is 0 Å². The van der Waals surface area contributed by atoms with Crippen molar-refractivity contribution in [3.8, 4) is 0 Å². The minimum absolute atomic E-state index is 0.0204. The highest BCUT2D eigenvalue weighted by atomic mass is 19.2. The molecule has 0 radical (unpaired) electrons. The fourth-order valence-electron chi connectivity index (χ4n) is 1.33. The molecule has 0 unspecified atom stereocenters. The lowest BCUT2D eigenvalue weighted by atomic mass is 10.2. The Kier molecular flexibility index (Phi) is 4.37. The molecule has 1 N–H and O–H groups in total. The maximum Gasteiger partial charge on any atom is 0.304 e. The summed E-state index contributed by atoms with van der Waals surface area (Å²) in [4.78, 5) is 11.9. The van der Waals surface area contributed by atoms with Crippen molar-refractivity contribution in [1.29, 1.82) is 0 Å². The normalized spacial score (nSPS) is 10.8. The molecule has 0 aromatic heterocycles. The number of carboxylic acid groups (broad SMARTS) is 1. The summed E-state index contributed by atoms with van der Waals surface area (Å²) in [5.74, 6) is -2.67. The first-order valence-electron chi connectivity index (χ1n) is 4.84. The van der Waals surface area contributed by atoms with Gasteiger partial charge in [0.25, 0.3) is 0 Å². The van der Waals surface area contributed by atoms with Crippen molar-refractivity contribution in [2.45, 2.75) is 13.0 Å². The molecule has 1 rings (SSSR count). The Morgan fingerprint density at radius 1 is 1.44 bits per heavy atom. The van der Waals surface area contributed by atoms with Gasteiger partial charge in [0.1, 0.15) is 0 Å². The monoisotopic (exact) mass is 229 g/mol. The Balaban J connectivity index is 2.59. The van der Waals surface area contributed by atoms with Crippen LogP contribution in [-0.2, 0) is 11.3 Å². The minimum Gasteiger partial charge on any atom is -0.481 e. The van der Waals surface area contributed by atoms with Gasteiger partial charge in [0.15, 0.2) is 11.6 Å². The van der Waals surface area contributed by atoms with E-state index in [9.17, 15) is 13.6 Å². The van der Waals surface area contributed by atoms with E-state index in [1.807, 2.05) is 0 Å². The third-order valence-electron chi connectivity index (χ3n) is 2.18. The van der Waals surface area contributed by atoms with E-state index in [-0.39, 0.29) is 18.5 Å². The molecule has 0 saturated heterocycles. The molecule has 0 aliphatic rings. The van der Waals surface area contributed by atoms with Crippen molar-refractivity contribution in [3.63, 3.8) is 0 Å². The highest BCUT2D eigenvalue weighted by molar-refractivity contribution is 5.66. The number of carboxylic acids is 1. The van der Waals surface area contributed by atoms with E-state index in [0.29, 0.717) is 6.54 Å². The van der Waals surface area contributed by atoms with Crippen molar-refractivity contribution >= 4 is 5.97 Å². The van der Waals surface area contributed by atoms with E-state index >= 15 is 0 Å². The summed E-state index contributed by atoms with van der Waals surface area (Å²) in [5, 5.41) is 8.47. The van der Waals surface area contributed by atoms with Crippen LogP contribution in [0.2, 0.25) is 0 Å². The van der Waals surface area contributed by atoms with E-state index in [4.69, 9.17) is 5.11 Å². The molecule has 0 fully saturated rings. The number of aliphatic carboxylic acids is 1. The summed E-state index contributed by atoms with van der Waals surface area (Å²) in [7, 11) is 1.66. The number of hydrogen-bond donors (Lipinski definition) is 1. The molecule has 88 valence electrons. The first-order valence-corrected chi connectivity index (χ1v) is 4.84. The van der Waals surface area contributed by atoms with Crippen LogP contribution < -0.4 is 0 Å². The number of rotatable bonds is 5. The maximum atomic E-state index is 13.2. The van der Waals surface area contributed by atoms with Crippen LogP contribution in [0.3, 0.4) is 0 Å². The van der Waals surface area contributed by atoms with Crippen LogP contribution in [0.5, 0.6) is 0 Å². The lowest BCUT2D eigenvalue weighted by Gasteiger charge is -2.15. The van der Waals surface area contributed by atoms with Crippen LogP contribution in [0.1, 0.15) is 12.0 Å². The molecule has 3 nitrogen and oxygen atoms in total. The summed E-state index contributed by atoms with van der Waals surface area (Å²) in [6, 6.07) is 3.96. The summed E-state index contributed by atoms with van der Waals surface area (Å²) in [5.41, 5.74) is 0.230. The van der Waals surface area contributed by atoms with Crippen molar-refractivity contribution < 1.29 is 18.7 Å². The Morgan fingerprint density at radius 3 is 2.75 bits per heavy atom. The second kappa shape index (κ2) is 5.55. The molecule has 0 aliphatic heterocycles. The van der Waals surface area contributed by atoms with E-state index in [1.54, 1.807) is 11.9 Å². The van der Waals surface area contributed by atoms with Crippen LogP contribution in [-0.4, -0.2) is 29.6 Å². The van der Waals surface area contributed by atoms with E-state index < -0.39 is 17.6 Å². The molecule has 0 heterocycles. The van der Waals surface area contributed by atoms with Gasteiger partial charge in [0.05, 0.1) is 6.42 Å². The smallest absolute Gasteiger partial charge is 0.304 e. The van der Waals surface area contributed by atoms with Gasteiger partial charge in [-0.05, 0) is 13.1 Å². The Hall–Kier alpha value is -1.49. The second-order valence-corrected chi connectivity index (χ2v) is 3.59. The number of halogens is 2. The van der Waals surface area contributed by atoms with E-state index in [2.05, 4.69) is 0 Å². The van der Waals surface area contributed by atoms with E-state index in [0.717, 1.165) is 6.07 Å². The predicted octanol–water partition coefficient (Wildman–Crippen LogP) is 1.87. The SMILES string of the molecule is CN(CCC(=O)O)Cc1cccc(F)c1F. The Bertz CT molecular complexity index is 382. The number of carbonyl (C=O) groups is 1. The van der Waals surface area contributed by atoms with Gasteiger partial charge in [-0.1, -0.05) is 12.1 Å². The van der Waals surface area contributed by atoms with Gasteiger partial charge in [-0.25, -0.2) is 8.78 Å². The fraction of sp³-hybridized carbons (Fsp3) is 0.364. The minimum atomic E-state index is -0.911. The van der Waals surface area contributed by atoms with Crippen molar-refractivity contribution in [3.05, 3.63) is 35.4 Å². The number of benzene rings is 1. The van der Waals surface area contributed by atoms with Gasteiger partial charge in [0.2, 0.25) is 0 Å². The van der Waals surface area contributed by atoms with Gasteiger partial charge in [0, 0.05) is 18.7 Å².